The smallest absolute Gasteiger partial charge is 0.155 e. The molecule has 0 amide bonds. The van der Waals surface area contributed by atoms with Gasteiger partial charge in [0.2, 0.25) is 0 Å². The predicted octanol–water partition coefficient (Wildman–Crippen LogP) is 1.85. The van der Waals surface area contributed by atoms with Gasteiger partial charge in [0.15, 0.2) is 5.65 Å². The number of hydrogen-bond donors (Lipinski definition) is 0. The van der Waals surface area contributed by atoms with Gasteiger partial charge in [-0.1, -0.05) is 13.8 Å². The second-order valence-corrected chi connectivity index (χ2v) is 3.02. The van der Waals surface area contributed by atoms with Crippen LogP contribution in [0, 0.1) is 0 Å². The molecule has 0 fully saturated rings. The Hall–Kier alpha value is -1.38. The normalized spacial score (nSPS) is 10.9. The van der Waals surface area contributed by atoms with Crippen LogP contribution in [-0.2, 0) is 12.8 Å². The molecular weight excluding hydrogens is 162 g/mol. The number of hydrogen-bond acceptors (Lipinski definition) is 2. The first kappa shape index (κ1) is 8.23. The summed E-state index contributed by atoms with van der Waals surface area (Å²) in [6.45, 7) is 4.29. The Labute approximate surface area is 77.4 Å². The summed E-state index contributed by atoms with van der Waals surface area (Å²) >= 11 is 0. The molecule has 0 radical (unpaired) electrons. The number of rotatable bonds is 2. The van der Waals surface area contributed by atoms with Crippen molar-refractivity contribution in [3.63, 3.8) is 0 Å². The molecule has 0 N–H and O–H groups in total. The van der Waals surface area contributed by atoms with Gasteiger partial charge in [0.25, 0.3) is 0 Å². The third-order valence-electron chi connectivity index (χ3n) is 2.28. The van der Waals surface area contributed by atoms with Crippen LogP contribution in [0.15, 0.2) is 18.6 Å². The summed E-state index contributed by atoms with van der Waals surface area (Å²) in [5, 5.41) is 0. The van der Waals surface area contributed by atoms with E-state index in [0.717, 1.165) is 18.5 Å². The van der Waals surface area contributed by atoms with Crippen LogP contribution in [0.1, 0.15) is 25.2 Å². The quantitative estimate of drug-likeness (QED) is 0.697. The van der Waals surface area contributed by atoms with E-state index < -0.39 is 0 Å². The molecule has 0 aliphatic heterocycles. The lowest BCUT2D eigenvalue weighted by Gasteiger charge is -1.98. The predicted molar refractivity (Wildman–Crippen MR) is 51.7 cm³/mol. The maximum absolute atomic E-state index is 4.50. The standard InChI is InChI=1S/C10H13N3/c1-3-8-9(4-2)13-6-5-11-7-10(13)12-8/h5-7H,3-4H2,1-2H3. The van der Waals surface area contributed by atoms with Crippen molar-refractivity contribution in [2.45, 2.75) is 26.7 Å². The summed E-state index contributed by atoms with van der Waals surface area (Å²) < 4.78 is 2.12. The molecule has 0 atom stereocenters. The van der Waals surface area contributed by atoms with Crippen molar-refractivity contribution in [1.82, 2.24) is 14.4 Å². The lowest BCUT2D eigenvalue weighted by atomic mass is 10.2. The van der Waals surface area contributed by atoms with Crippen LogP contribution in [0.2, 0.25) is 0 Å². The lowest BCUT2D eigenvalue weighted by Crippen LogP contribution is -1.93. The number of imidazole rings is 1. The number of nitrogens with zero attached hydrogens (tertiary/aromatic N) is 3. The van der Waals surface area contributed by atoms with Crippen LogP contribution in [0.4, 0.5) is 0 Å². The maximum atomic E-state index is 4.50. The van der Waals surface area contributed by atoms with E-state index in [1.165, 1.54) is 11.4 Å². The lowest BCUT2D eigenvalue weighted by molar-refractivity contribution is 0.938. The molecule has 0 bridgehead atoms. The van der Waals surface area contributed by atoms with E-state index in [1.54, 1.807) is 12.4 Å². The van der Waals surface area contributed by atoms with Gasteiger partial charge in [-0.2, -0.15) is 0 Å². The minimum atomic E-state index is 0.955. The van der Waals surface area contributed by atoms with Crippen LogP contribution in [0.25, 0.3) is 5.65 Å². The first-order chi connectivity index (χ1) is 6.36. The van der Waals surface area contributed by atoms with Crippen molar-refractivity contribution in [3.8, 4) is 0 Å². The summed E-state index contributed by atoms with van der Waals surface area (Å²) in [5.74, 6) is 0. The van der Waals surface area contributed by atoms with Gasteiger partial charge < -0.3 is 4.40 Å². The van der Waals surface area contributed by atoms with Crippen molar-refractivity contribution in [2.75, 3.05) is 0 Å². The zero-order chi connectivity index (χ0) is 9.26. The molecule has 0 aliphatic rings. The third-order valence-corrected chi connectivity index (χ3v) is 2.28. The van der Waals surface area contributed by atoms with Gasteiger partial charge >= 0.3 is 0 Å². The molecule has 3 nitrogen and oxygen atoms in total. The van der Waals surface area contributed by atoms with Gasteiger partial charge in [-0.05, 0) is 12.8 Å². The van der Waals surface area contributed by atoms with Crippen molar-refractivity contribution >= 4 is 5.65 Å². The SMILES string of the molecule is CCc1nc2cnccn2c1CC. The van der Waals surface area contributed by atoms with Crippen LogP contribution in [-0.4, -0.2) is 14.4 Å². The highest BCUT2D eigenvalue weighted by atomic mass is 15.0. The molecule has 0 saturated carbocycles. The summed E-state index contributed by atoms with van der Waals surface area (Å²) in [4.78, 5) is 8.56. The molecule has 68 valence electrons. The zero-order valence-electron chi connectivity index (χ0n) is 7.99. The average Bonchev–Trinajstić information content (AvgIpc) is 2.55. The fraction of sp³-hybridized carbons (Fsp3) is 0.400. The average molecular weight is 175 g/mol. The molecule has 3 heteroatoms. The molecule has 0 aromatic carbocycles. The molecule has 2 aromatic rings. The molecule has 2 aromatic heterocycles. The summed E-state index contributed by atoms with van der Waals surface area (Å²) in [6.07, 6.45) is 7.59. The van der Waals surface area contributed by atoms with E-state index in [0.29, 0.717) is 0 Å². The van der Waals surface area contributed by atoms with Crippen molar-refractivity contribution in [1.29, 1.82) is 0 Å². The van der Waals surface area contributed by atoms with Crippen molar-refractivity contribution in [2.24, 2.45) is 0 Å². The van der Waals surface area contributed by atoms with Gasteiger partial charge in [-0.25, -0.2) is 4.98 Å². The van der Waals surface area contributed by atoms with Gasteiger partial charge in [-0.15, -0.1) is 0 Å². The van der Waals surface area contributed by atoms with Crippen LogP contribution >= 0.6 is 0 Å². The van der Waals surface area contributed by atoms with Crippen LogP contribution < -0.4 is 0 Å². The first-order valence-corrected chi connectivity index (χ1v) is 4.66. The molecule has 0 spiro atoms. The van der Waals surface area contributed by atoms with E-state index >= 15 is 0 Å². The largest absolute Gasteiger partial charge is 0.301 e. The maximum Gasteiger partial charge on any atom is 0.155 e. The molecular formula is C10H13N3. The molecule has 13 heavy (non-hydrogen) atoms. The Morgan fingerprint density at radius 3 is 2.85 bits per heavy atom. The van der Waals surface area contributed by atoms with E-state index in [9.17, 15) is 0 Å². The van der Waals surface area contributed by atoms with E-state index in [1.807, 2.05) is 6.20 Å². The highest BCUT2D eigenvalue weighted by Gasteiger charge is 2.07. The fourth-order valence-electron chi connectivity index (χ4n) is 1.66. The number of aryl methyl sites for hydroxylation is 2. The Morgan fingerprint density at radius 2 is 2.15 bits per heavy atom. The molecule has 0 unspecified atom stereocenters. The van der Waals surface area contributed by atoms with E-state index in [-0.39, 0.29) is 0 Å². The van der Waals surface area contributed by atoms with Gasteiger partial charge in [0, 0.05) is 18.1 Å². The van der Waals surface area contributed by atoms with Gasteiger partial charge in [0.1, 0.15) is 0 Å². The van der Waals surface area contributed by atoms with Crippen LogP contribution in [0.3, 0.4) is 0 Å². The molecule has 0 aliphatic carbocycles. The van der Waals surface area contributed by atoms with Gasteiger partial charge in [0.05, 0.1) is 11.9 Å². The van der Waals surface area contributed by atoms with Crippen molar-refractivity contribution < 1.29 is 0 Å². The monoisotopic (exact) mass is 175 g/mol. The minimum absolute atomic E-state index is 0.955. The zero-order valence-corrected chi connectivity index (χ0v) is 7.99. The topological polar surface area (TPSA) is 30.2 Å². The number of aromatic nitrogens is 3. The summed E-state index contributed by atoms with van der Waals surface area (Å²) in [7, 11) is 0. The second kappa shape index (κ2) is 3.17. The fourth-order valence-corrected chi connectivity index (χ4v) is 1.66. The minimum Gasteiger partial charge on any atom is -0.301 e. The van der Waals surface area contributed by atoms with Crippen molar-refractivity contribution in [3.05, 3.63) is 30.0 Å². The first-order valence-electron chi connectivity index (χ1n) is 4.66. The molecule has 0 saturated heterocycles. The highest BCUT2D eigenvalue weighted by molar-refractivity contribution is 5.40. The molecule has 2 heterocycles. The van der Waals surface area contributed by atoms with Crippen LogP contribution in [0.5, 0.6) is 0 Å². The summed E-state index contributed by atoms with van der Waals surface area (Å²) in [5.41, 5.74) is 3.45. The Kier molecular flexibility index (Phi) is 2.00. The second-order valence-electron chi connectivity index (χ2n) is 3.02. The summed E-state index contributed by atoms with van der Waals surface area (Å²) in [6, 6.07) is 0. The van der Waals surface area contributed by atoms with E-state index in [2.05, 4.69) is 28.2 Å². The number of fused-ring (bicyclic) bond motifs is 1. The third kappa shape index (κ3) is 1.20. The van der Waals surface area contributed by atoms with Gasteiger partial charge in [-0.3, -0.25) is 4.98 Å². The molecule has 2 rings (SSSR count). The Balaban J connectivity index is 2.73. The Morgan fingerprint density at radius 1 is 1.31 bits per heavy atom. The van der Waals surface area contributed by atoms with E-state index in [4.69, 9.17) is 0 Å². The Bertz CT molecular complexity index is 417. The highest BCUT2D eigenvalue weighted by Crippen LogP contribution is 2.12.